The van der Waals surface area contributed by atoms with E-state index in [1.807, 2.05) is 12.1 Å². The number of aromatic nitrogens is 1. The Kier molecular flexibility index (Phi) is 5.50. The fraction of sp³-hybridized carbons (Fsp3) is 0.333. The summed E-state index contributed by atoms with van der Waals surface area (Å²) in [4.78, 5) is 4.08. The van der Waals surface area contributed by atoms with Gasteiger partial charge in [-0.15, -0.1) is 0 Å². The van der Waals surface area contributed by atoms with E-state index in [1.54, 1.807) is 12.4 Å². The summed E-state index contributed by atoms with van der Waals surface area (Å²) in [6.45, 7) is 8.66. The summed E-state index contributed by atoms with van der Waals surface area (Å²) < 4.78 is 0. The van der Waals surface area contributed by atoms with E-state index in [4.69, 9.17) is 12.2 Å². The Morgan fingerprint density at radius 3 is 2.55 bits per heavy atom. The number of aryl methyl sites for hydroxylation is 2. The van der Waals surface area contributed by atoms with Crippen molar-refractivity contribution in [1.29, 1.82) is 0 Å². The van der Waals surface area contributed by atoms with Crippen molar-refractivity contribution in [3.8, 4) is 0 Å². The summed E-state index contributed by atoms with van der Waals surface area (Å²) >= 11 is 5.45. The second kappa shape index (κ2) is 7.36. The Balaban J connectivity index is 2.13. The van der Waals surface area contributed by atoms with Gasteiger partial charge in [-0.3, -0.25) is 4.98 Å². The zero-order valence-electron chi connectivity index (χ0n) is 13.6. The zero-order valence-corrected chi connectivity index (χ0v) is 14.4. The van der Waals surface area contributed by atoms with Crippen molar-refractivity contribution in [3.63, 3.8) is 0 Å². The van der Waals surface area contributed by atoms with Crippen LogP contribution in [0.4, 0.5) is 5.69 Å². The molecule has 0 saturated carbocycles. The van der Waals surface area contributed by atoms with Crippen molar-refractivity contribution in [3.05, 3.63) is 59.4 Å². The van der Waals surface area contributed by atoms with E-state index in [-0.39, 0.29) is 6.04 Å². The second-order valence-electron chi connectivity index (χ2n) is 5.92. The average Bonchev–Trinajstić information content (AvgIpc) is 2.46. The maximum absolute atomic E-state index is 5.45. The highest BCUT2D eigenvalue weighted by molar-refractivity contribution is 7.80. The van der Waals surface area contributed by atoms with Crippen LogP contribution in [-0.4, -0.2) is 10.1 Å². The molecule has 0 aliphatic carbocycles. The SMILES string of the molecule is Cc1ccc([C@H](NC(=S)Nc2cccnc2)C(C)C)c(C)c1. The molecule has 0 spiro atoms. The summed E-state index contributed by atoms with van der Waals surface area (Å²) in [5.41, 5.74) is 4.74. The van der Waals surface area contributed by atoms with Gasteiger partial charge in [-0.25, -0.2) is 0 Å². The Labute approximate surface area is 138 Å². The Bertz CT molecular complexity index is 638. The van der Waals surface area contributed by atoms with E-state index in [0.717, 1.165) is 5.69 Å². The van der Waals surface area contributed by atoms with Gasteiger partial charge in [0.1, 0.15) is 0 Å². The average molecular weight is 313 g/mol. The minimum absolute atomic E-state index is 0.178. The van der Waals surface area contributed by atoms with E-state index in [2.05, 4.69) is 61.5 Å². The monoisotopic (exact) mass is 313 g/mol. The molecule has 0 aliphatic heterocycles. The largest absolute Gasteiger partial charge is 0.355 e. The summed E-state index contributed by atoms with van der Waals surface area (Å²) in [5, 5.41) is 7.24. The molecule has 0 bridgehead atoms. The topological polar surface area (TPSA) is 37.0 Å². The second-order valence-corrected chi connectivity index (χ2v) is 6.33. The molecule has 0 unspecified atom stereocenters. The number of benzene rings is 1. The fourth-order valence-corrected chi connectivity index (χ4v) is 2.77. The highest BCUT2D eigenvalue weighted by Crippen LogP contribution is 2.25. The van der Waals surface area contributed by atoms with Crippen LogP contribution in [0.5, 0.6) is 0 Å². The van der Waals surface area contributed by atoms with Gasteiger partial charge in [0.2, 0.25) is 0 Å². The number of hydrogen-bond acceptors (Lipinski definition) is 2. The predicted molar refractivity (Wildman–Crippen MR) is 97.1 cm³/mol. The van der Waals surface area contributed by atoms with Crippen molar-refractivity contribution in [2.75, 3.05) is 5.32 Å². The fourth-order valence-electron chi connectivity index (χ4n) is 2.52. The first-order chi connectivity index (χ1) is 10.5. The van der Waals surface area contributed by atoms with Gasteiger partial charge in [0.15, 0.2) is 5.11 Å². The Morgan fingerprint density at radius 2 is 1.95 bits per heavy atom. The molecule has 2 rings (SSSR count). The molecule has 4 heteroatoms. The van der Waals surface area contributed by atoms with Gasteiger partial charge >= 0.3 is 0 Å². The van der Waals surface area contributed by atoms with Crippen molar-refractivity contribution < 1.29 is 0 Å². The number of nitrogens with zero attached hydrogens (tertiary/aromatic N) is 1. The van der Waals surface area contributed by atoms with Crippen LogP contribution in [-0.2, 0) is 0 Å². The van der Waals surface area contributed by atoms with Crippen molar-refractivity contribution >= 4 is 23.0 Å². The molecule has 3 nitrogen and oxygen atoms in total. The molecule has 2 N–H and O–H groups in total. The van der Waals surface area contributed by atoms with Crippen LogP contribution in [0.2, 0.25) is 0 Å². The normalized spacial score (nSPS) is 12.0. The molecule has 0 saturated heterocycles. The highest BCUT2D eigenvalue weighted by atomic mass is 32.1. The van der Waals surface area contributed by atoms with E-state index < -0.39 is 0 Å². The zero-order chi connectivity index (χ0) is 16.1. The third-order valence-electron chi connectivity index (χ3n) is 3.63. The van der Waals surface area contributed by atoms with Gasteiger partial charge in [-0.2, -0.15) is 0 Å². The third-order valence-corrected chi connectivity index (χ3v) is 3.85. The lowest BCUT2D eigenvalue weighted by atomic mass is 9.92. The highest BCUT2D eigenvalue weighted by Gasteiger charge is 2.18. The molecule has 22 heavy (non-hydrogen) atoms. The third kappa shape index (κ3) is 4.28. The lowest BCUT2D eigenvalue weighted by molar-refractivity contribution is 0.471. The quantitative estimate of drug-likeness (QED) is 0.821. The molecule has 1 aromatic carbocycles. The molecular weight excluding hydrogens is 290 g/mol. The summed E-state index contributed by atoms with van der Waals surface area (Å²) in [5.74, 6) is 0.426. The molecule has 2 aromatic rings. The molecule has 1 heterocycles. The van der Waals surface area contributed by atoms with Gasteiger partial charge in [0, 0.05) is 6.20 Å². The maximum atomic E-state index is 5.45. The minimum Gasteiger partial charge on any atom is -0.355 e. The summed E-state index contributed by atoms with van der Waals surface area (Å²) in [6, 6.07) is 10.6. The number of hydrogen-bond donors (Lipinski definition) is 2. The summed E-state index contributed by atoms with van der Waals surface area (Å²) in [6.07, 6.45) is 3.50. The molecule has 0 aliphatic rings. The van der Waals surface area contributed by atoms with E-state index in [9.17, 15) is 0 Å². The lowest BCUT2D eigenvalue weighted by Gasteiger charge is -2.26. The first-order valence-corrected chi connectivity index (χ1v) is 7.93. The molecule has 1 atom stereocenters. The van der Waals surface area contributed by atoms with Crippen LogP contribution in [0.25, 0.3) is 0 Å². The van der Waals surface area contributed by atoms with Crippen LogP contribution in [0.1, 0.15) is 36.6 Å². The van der Waals surface area contributed by atoms with Crippen molar-refractivity contribution in [2.45, 2.75) is 33.7 Å². The predicted octanol–water partition coefficient (Wildman–Crippen LogP) is 4.38. The number of rotatable bonds is 4. The van der Waals surface area contributed by atoms with Gasteiger partial charge in [-0.05, 0) is 55.2 Å². The number of anilines is 1. The molecule has 0 fully saturated rings. The van der Waals surface area contributed by atoms with E-state index >= 15 is 0 Å². The Morgan fingerprint density at radius 1 is 1.18 bits per heavy atom. The van der Waals surface area contributed by atoms with Crippen LogP contribution in [0.3, 0.4) is 0 Å². The summed E-state index contributed by atoms with van der Waals surface area (Å²) in [7, 11) is 0. The van der Waals surface area contributed by atoms with Crippen LogP contribution in [0.15, 0.2) is 42.7 Å². The van der Waals surface area contributed by atoms with Crippen LogP contribution >= 0.6 is 12.2 Å². The first-order valence-electron chi connectivity index (χ1n) is 7.52. The molecular formula is C18H23N3S. The van der Waals surface area contributed by atoms with Crippen molar-refractivity contribution in [1.82, 2.24) is 10.3 Å². The van der Waals surface area contributed by atoms with Gasteiger partial charge in [0.25, 0.3) is 0 Å². The van der Waals surface area contributed by atoms with Crippen molar-refractivity contribution in [2.24, 2.45) is 5.92 Å². The molecule has 0 radical (unpaired) electrons. The maximum Gasteiger partial charge on any atom is 0.171 e. The van der Waals surface area contributed by atoms with E-state index in [0.29, 0.717) is 11.0 Å². The number of pyridine rings is 1. The molecule has 0 amide bonds. The molecule has 1 aromatic heterocycles. The van der Waals surface area contributed by atoms with Crippen LogP contribution in [0, 0.1) is 19.8 Å². The van der Waals surface area contributed by atoms with Gasteiger partial charge < -0.3 is 10.6 Å². The van der Waals surface area contributed by atoms with Gasteiger partial charge in [0.05, 0.1) is 17.9 Å². The minimum atomic E-state index is 0.178. The lowest BCUT2D eigenvalue weighted by Crippen LogP contribution is -2.35. The van der Waals surface area contributed by atoms with Crippen LogP contribution < -0.4 is 10.6 Å². The van der Waals surface area contributed by atoms with Gasteiger partial charge in [-0.1, -0.05) is 37.6 Å². The number of thiocarbonyl (C=S) groups is 1. The first kappa shape index (κ1) is 16.4. The van der Waals surface area contributed by atoms with E-state index in [1.165, 1.54) is 16.7 Å². The number of nitrogens with one attached hydrogen (secondary N) is 2. The molecule has 116 valence electrons. The smallest absolute Gasteiger partial charge is 0.171 e. The Hall–Kier alpha value is -1.94. The standard InChI is InChI=1S/C18H23N3S/c1-12(2)17(16-8-7-13(3)10-14(16)4)21-18(22)20-15-6-5-9-19-11-15/h5-12,17H,1-4H3,(H2,20,21,22)/t17-/m1/s1.